The summed E-state index contributed by atoms with van der Waals surface area (Å²) in [5, 5.41) is 3.33. The summed E-state index contributed by atoms with van der Waals surface area (Å²) < 4.78 is 0. The zero-order valence-corrected chi connectivity index (χ0v) is 7.84. The van der Waals surface area contributed by atoms with E-state index < -0.39 is 0 Å². The molecule has 0 spiro atoms. The van der Waals surface area contributed by atoms with E-state index in [1.54, 1.807) is 0 Å². The van der Waals surface area contributed by atoms with Gasteiger partial charge in [-0.25, -0.2) is 0 Å². The van der Waals surface area contributed by atoms with Crippen molar-refractivity contribution in [3.8, 4) is 0 Å². The van der Waals surface area contributed by atoms with Crippen LogP contribution in [0.4, 0.5) is 0 Å². The molecule has 0 fully saturated rings. The number of nitrogens with one attached hydrogen (secondary N) is 1. The Balaban J connectivity index is 2.33. The van der Waals surface area contributed by atoms with Gasteiger partial charge in [-0.1, -0.05) is 6.42 Å². The topological polar surface area (TPSA) is 50.4 Å². The number of nitrogens with zero attached hydrogens (tertiary/aromatic N) is 1. The van der Waals surface area contributed by atoms with Crippen molar-refractivity contribution in [1.29, 1.82) is 0 Å². The lowest BCUT2D eigenvalue weighted by molar-refractivity contribution is 0.660. The van der Waals surface area contributed by atoms with Gasteiger partial charge in [0.1, 0.15) is 0 Å². The molecule has 12 heavy (non-hydrogen) atoms. The second kappa shape index (κ2) is 5.14. The van der Waals surface area contributed by atoms with Crippen molar-refractivity contribution < 1.29 is 0 Å². The van der Waals surface area contributed by atoms with E-state index in [4.69, 9.17) is 5.73 Å². The van der Waals surface area contributed by atoms with Crippen molar-refractivity contribution in [2.75, 3.05) is 13.1 Å². The number of nitrogens with two attached hydrogens (primary N) is 1. The smallest absolute Gasteiger partial charge is 0.0965 e. The number of rotatable bonds is 2. The second-order valence-corrected chi connectivity index (χ2v) is 3.42. The van der Waals surface area contributed by atoms with E-state index in [0.29, 0.717) is 12.6 Å². The minimum Gasteiger partial charge on any atom is -0.370 e. The molecule has 1 aliphatic heterocycles. The Bertz CT molecular complexity index is 154. The van der Waals surface area contributed by atoms with E-state index in [-0.39, 0.29) is 0 Å². The van der Waals surface area contributed by atoms with Gasteiger partial charge in [0.15, 0.2) is 0 Å². The molecule has 3 N–H and O–H groups in total. The van der Waals surface area contributed by atoms with E-state index >= 15 is 0 Å². The van der Waals surface area contributed by atoms with E-state index in [0.717, 1.165) is 18.8 Å². The summed E-state index contributed by atoms with van der Waals surface area (Å²) in [6.07, 6.45) is 4.92. The number of hydrogen-bond donors (Lipinski definition) is 2. The Kier molecular flexibility index (Phi) is 4.08. The summed E-state index contributed by atoms with van der Waals surface area (Å²) >= 11 is 0. The summed E-state index contributed by atoms with van der Waals surface area (Å²) in [5.41, 5.74) is 5.51. The molecule has 0 saturated heterocycles. The van der Waals surface area contributed by atoms with Crippen LogP contribution in [-0.2, 0) is 0 Å². The van der Waals surface area contributed by atoms with Crippen molar-refractivity contribution in [2.24, 2.45) is 10.7 Å². The Morgan fingerprint density at radius 1 is 1.50 bits per heavy atom. The first-order chi connectivity index (χ1) is 5.83. The van der Waals surface area contributed by atoms with Crippen molar-refractivity contribution in [2.45, 2.75) is 38.6 Å². The zero-order chi connectivity index (χ0) is 8.81. The Labute approximate surface area is 74.4 Å². The molecule has 0 aromatic carbocycles. The SMILES string of the molecule is CC(CN)NC1=NCCCCC1. The minimum atomic E-state index is 0.363. The number of amidine groups is 1. The van der Waals surface area contributed by atoms with Gasteiger partial charge >= 0.3 is 0 Å². The van der Waals surface area contributed by atoms with Gasteiger partial charge in [0.25, 0.3) is 0 Å². The number of hydrogen-bond acceptors (Lipinski definition) is 3. The van der Waals surface area contributed by atoms with E-state index in [9.17, 15) is 0 Å². The summed E-state index contributed by atoms with van der Waals surface area (Å²) in [5.74, 6) is 1.16. The molecule has 0 aromatic rings. The lowest BCUT2D eigenvalue weighted by Gasteiger charge is -2.13. The van der Waals surface area contributed by atoms with Gasteiger partial charge < -0.3 is 11.1 Å². The van der Waals surface area contributed by atoms with Gasteiger partial charge in [0.05, 0.1) is 5.84 Å². The van der Waals surface area contributed by atoms with Crippen LogP contribution in [0.15, 0.2) is 4.99 Å². The van der Waals surface area contributed by atoms with Crippen LogP contribution in [0.25, 0.3) is 0 Å². The molecule has 0 aliphatic carbocycles. The van der Waals surface area contributed by atoms with Gasteiger partial charge in [0, 0.05) is 25.6 Å². The molecule has 0 aromatic heterocycles. The highest BCUT2D eigenvalue weighted by atomic mass is 15.0. The monoisotopic (exact) mass is 169 g/mol. The van der Waals surface area contributed by atoms with Gasteiger partial charge in [-0.2, -0.15) is 0 Å². The predicted molar refractivity (Wildman–Crippen MR) is 52.4 cm³/mol. The molecule has 0 bridgehead atoms. The van der Waals surface area contributed by atoms with Gasteiger partial charge in [-0.3, -0.25) is 4.99 Å². The third-order valence-electron chi connectivity index (χ3n) is 2.14. The first-order valence-corrected chi connectivity index (χ1v) is 4.83. The molecule has 3 heteroatoms. The van der Waals surface area contributed by atoms with Gasteiger partial charge in [0.2, 0.25) is 0 Å². The van der Waals surface area contributed by atoms with Crippen LogP contribution in [0.2, 0.25) is 0 Å². The van der Waals surface area contributed by atoms with E-state index in [1.165, 1.54) is 19.3 Å². The fraction of sp³-hybridized carbons (Fsp3) is 0.889. The average Bonchev–Trinajstić information content (AvgIpc) is 2.33. The largest absolute Gasteiger partial charge is 0.370 e. The van der Waals surface area contributed by atoms with Crippen LogP contribution >= 0.6 is 0 Å². The molecule has 1 aliphatic rings. The molecular formula is C9H19N3. The Morgan fingerprint density at radius 3 is 3.08 bits per heavy atom. The van der Waals surface area contributed by atoms with Crippen molar-refractivity contribution in [1.82, 2.24) is 5.32 Å². The third kappa shape index (κ3) is 3.22. The van der Waals surface area contributed by atoms with Gasteiger partial charge in [-0.05, 0) is 19.8 Å². The molecule has 0 saturated carbocycles. The summed E-state index contributed by atoms with van der Waals surface area (Å²) in [6.45, 7) is 3.76. The second-order valence-electron chi connectivity index (χ2n) is 3.42. The standard InChI is InChI=1S/C9H19N3/c1-8(7-10)12-9-5-3-2-4-6-11-9/h8H,2-7,10H2,1H3,(H,11,12). The molecule has 3 nitrogen and oxygen atoms in total. The van der Waals surface area contributed by atoms with Crippen LogP contribution in [-0.4, -0.2) is 25.0 Å². The maximum absolute atomic E-state index is 5.51. The highest BCUT2D eigenvalue weighted by Crippen LogP contribution is 2.06. The normalized spacial score (nSPS) is 21.0. The minimum absolute atomic E-state index is 0.363. The quantitative estimate of drug-likeness (QED) is 0.645. The molecule has 1 rings (SSSR count). The fourth-order valence-electron chi connectivity index (χ4n) is 1.34. The third-order valence-corrected chi connectivity index (χ3v) is 2.14. The summed E-state index contributed by atoms with van der Waals surface area (Å²) in [7, 11) is 0. The summed E-state index contributed by atoms with van der Waals surface area (Å²) in [6, 6.07) is 0.363. The van der Waals surface area contributed by atoms with Crippen LogP contribution in [0.1, 0.15) is 32.6 Å². The Hall–Kier alpha value is -0.570. The maximum atomic E-state index is 5.51. The molecule has 0 amide bonds. The molecule has 1 unspecified atom stereocenters. The molecule has 1 heterocycles. The lowest BCUT2D eigenvalue weighted by Crippen LogP contribution is -2.37. The first-order valence-electron chi connectivity index (χ1n) is 4.83. The van der Waals surface area contributed by atoms with Crippen LogP contribution < -0.4 is 11.1 Å². The molecular weight excluding hydrogens is 150 g/mol. The molecule has 70 valence electrons. The van der Waals surface area contributed by atoms with E-state index in [1.807, 2.05) is 0 Å². The zero-order valence-electron chi connectivity index (χ0n) is 7.84. The van der Waals surface area contributed by atoms with Gasteiger partial charge in [-0.15, -0.1) is 0 Å². The van der Waals surface area contributed by atoms with Crippen LogP contribution in [0, 0.1) is 0 Å². The summed E-state index contributed by atoms with van der Waals surface area (Å²) in [4.78, 5) is 4.46. The predicted octanol–water partition coefficient (Wildman–Crippen LogP) is 0.896. The van der Waals surface area contributed by atoms with Crippen molar-refractivity contribution in [3.05, 3.63) is 0 Å². The number of aliphatic imine (C=N–C) groups is 1. The highest BCUT2D eigenvalue weighted by molar-refractivity contribution is 5.82. The van der Waals surface area contributed by atoms with Crippen LogP contribution in [0.5, 0.6) is 0 Å². The molecule has 0 radical (unpaired) electrons. The maximum Gasteiger partial charge on any atom is 0.0965 e. The Morgan fingerprint density at radius 2 is 2.33 bits per heavy atom. The molecule has 1 atom stereocenters. The highest BCUT2D eigenvalue weighted by Gasteiger charge is 2.05. The average molecular weight is 169 g/mol. The van der Waals surface area contributed by atoms with Crippen molar-refractivity contribution >= 4 is 5.84 Å². The lowest BCUT2D eigenvalue weighted by atomic mass is 10.2. The van der Waals surface area contributed by atoms with E-state index in [2.05, 4.69) is 17.2 Å². The fourth-order valence-corrected chi connectivity index (χ4v) is 1.34. The first kappa shape index (κ1) is 9.52. The van der Waals surface area contributed by atoms with Crippen molar-refractivity contribution in [3.63, 3.8) is 0 Å². The van der Waals surface area contributed by atoms with Crippen LogP contribution in [0.3, 0.4) is 0 Å².